The molecular formula is C14H13N3O. The van der Waals surface area contributed by atoms with Crippen LogP contribution >= 0.6 is 0 Å². The van der Waals surface area contributed by atoms with Crippen molar-refractivity contribution >= 4 is 16.7 Å². The molecule has 4 nitrogen and oxygen atoms in total. The van der Waals surface area contributed by atoms with Crippen LogP contribution in [0.25, 0.3) is 22.3 Å². The molecule has 0 atom stereocenters. The van der Waals surface area contributed by atoms with Crippen LogP contribution in [0.1, 0.15) is 0 Å². The fourth-order valence-corrected chi connectivity index (χ4v) is 2.01. The standard InChI is InChI=1S/C14H13N3O/c1-18-14-5-4-9(7-10(14)15)12-8-13-11(17-12)3-2-6-16-13/h2-8,17H,15H2,1H3. The fourth-order valence-electron chi connectivity index (χ4n) is 2.01. The molecule has 0 amide bonds. The SMILES string of the molecule is COc1ccc(-c2cc3ncccc3[nH]2)cc1N. The zero-order valence-electron chi connectivity index (χ0n) is 9.97. The van der Waals surface area contributed by atoms with Crippen LogP contribution in [-0.4, -0.2) is 17.1 Å². The maximum Gasteiger partial charge on any atom is 0.141 e. The van der Waals surface area contributed by atoms with Crippen LogP contribution in [-0.2, 0) is 0 Å². The van der Waals surface area contributed by atoms with Gasteiger partial charge in [0.15, 0.2) is 0 Å². The zero-order valence-corrected chi connectivity index (χ0v) is 9.97. The van der Waals surface area contributed by atoms with Crippen LogP contribution in [0.5, 0.6) is 5.75 Å². The largest absolute Gasteiger partial charge is 0.495 e. The number of aromatic amines is 1. The van der Waals surface area contributed by atoms with Gasteiger partial charge in [-0.05, 0) is 36.4 Å². The molecule has 2 heterocycles. The Bertz CT molecular complexity index is 670. The Morgan fingerprint density at radius 2 is 2.11 bits per heavy atom. The predicted molar refractivity (Wildman–Crippen MR) is 72.5 cm³/mol. The minimum atomic E-state index is 0.626. The molecule has 0 unspecified atom stereocenters. The maximum atomic E-state index is 5.91. The summed E-state index contributed by atoms with van der Waals surface area (Å²) < 4.78 is 5.15. The lowest BCUT2D eigenvalue weighted by Gasteiger charge is -2.05. The minimum Gasteiger partial charge on any atom is -0.495 e. The maximum absolute atomic E-state index is 5.91. The third-order valence-corrected chi connectivity index (χ3v) is 2.93. The second kappa shape index (κ2) is 4.07. The molecule has 3 rings (SSSR count). The first-order valence-corrected chi connectivity index (χ1v) is 5.65. The summed E-state index contributed by atoms with van der Waals surface area (Å²) >= 11 is 0. The number of aromatic nitrogens is 2. The Morgan fingerprint density at radius 1 is 1.22 bits per heavy atom. The van der Waals surface area contributed by atoms with Crippen LogP contribution in [0.15, 0.2) is 42.6 Å². The third-order valence-electron chi connectivity index (χ3n) is 2.93. The van der Waals surface area contributed by atoms with Crippen molar-refractivity contribution in [2.45, 2.75) is 0 Å². The molecule has 90 valence electrons. The molecule has 0 aliphatic heterocycles. The Morgan fingerprint density at radius 3 is 2.83 bits per heavy atom. The first kappa shape index (κ1) is 10.7. The molecule has 0 bridgehead atoms. The van der Waals surface area contributed by atoms with Crippen LogP contribution in [0.4, 0.5) is 5.69 Å². The number of fused-ring (bicyclic) bond motifs is 1. The monoisotopic (exact) mass is 239 g/mol. The minimum absolute atomic E-state index is 0.626. The molecule has 0 radical (unpaired) electrons. The lowest BCUT2D eigenvalue weighted by molar-refractivity contribution is 0.417. The number of hydrogen-bond acceptors (Lipinski definition) is 3. The molecular weight excluding hydrogens is 226 g/mol. The van der Waals surface area contributed by atoms with E-state index >= 15 is 0 Å². The number of ether oxygens (including phenoxy) is 1. The van der Waals surface area contributed by atoms with Gasteiger partial charge < -0.3 is 15.5 Å². The summed E-state index contributed by atoms with van der Waals surface area (Å²) in [6, 6.07) is 11.6. The topological polar surface area (TPSA) is 63.9 Å². The number of rotatable bonds is 2. The Balaban J connectivity index is 2.11. The molecule has 0 aliphatic carbocycles. The highest BCUT2D eigenvalue weighted by atomic mass is 16.5. The second-order valence-corrected chi connectivity index (χ2v) is 4.08. The molecule has 0 fully saturated rings. The van der Waals surface area contributed by atoms with E-state index < -0.39 is 0 Å². The first-order valence-electron chi connectivity index (χ1n) is 5.65. The highest BCUT2D eigenvalue weighted by molar-refractivity contribution is 5.83. The first-order chi connectivity index (χ1) is 8.78. The number of H-pyrrole nitrogens is 1. The van der Waals surface area contributed by atoms with Gasteiger partial charge in [0, 0.05) is 17.5 Å². The number of nitrogens with one attached hydrogen (secondary N) is 1. The summed E-state index contributed by atoms with van der Waals surface area (Å²) in [5.41, 5.74) is 10.5. The number of benzene rings is 1. The Hall–Kier alpha value is -2.49. The van der Waals surface area contributed by atoms with Gasteiger partial charge in [0.05, 0.1) is 23.8 Å². The summed E-state index contributed by atoms with van der Waals surface area (Å²) in [5.74, 6) is 0.688. The van der Waals surface area contributed by atoms with Crippen molar-refractivity contribution in [3.05, 3.63) is 42.6 Å². The van der Waals surface area contributed by atoms with Crippen molar-refractivity contribution in [2.24, 2.45) is 0 Å². The van der Waals surface area contributed by atoms with Gasteiger partial charge >= 0.3 is 0 Å². The van der Waals surface area contributed by atoms with E-state index in [0.29, 0.717) is 11.4 Å². The number of anilines is 1. The molecule has 0 spiro atoms. The van der Waals surface area contributed by atoms with E-state index in [1.165, 1.54) is 0 Å². The normalized spacial score (nSPS) is 10.7. The van der Waals surface area contributed by atoms with E-state index in [9.17, 15) is 0 Å². The van der Waals surface area contributed by atoms with Gasteiger partial charge in [0.1, 0.15) is 5.75 Å². The van der Waals surface area contributed by atoms with Crippen LogP contribution in [0, 0.1) is 0 Å². The smallest absolute Gasteiger partial charge is 0.141 e. The van der Waals surface area contributed by atoms with E-state index in [-0.39, 0.29) is 0 Å². The molecule has 0 saturated heterocycles. The van der Waals surface area contributed by atoms with Gasteiger partial charge in [0.25, 0.3) is 0 Å². The predicted octanol–water partition coefficient (Wildman–Crippen LogP) is 2.82. The molecule has 3 aromatic rings. The molecule has 1 aromatic carbocycles. The quantitative estimate of drug-likeness (QED) is 0.676. The van der Waals surface area contributed by atoms with E-state index in [4.69, 9.17) is 10.5 Å². The summed E-state index contributed by atoms with van der Waals surface area (Å²) in [6.07, 6.45) is 1.78. The van der Waals surface area contributed by atoms with Crippen molar-refractivity contribution in [2.75, 3.05) is 12.8 Å². The van der Waals surface area contributed by atoms with Gasteiger partial charge in [-0.3, -0.25) is 4.98 Å². The zero-order chi connectivity index (χ0) is 12.5. The summed E-state index contributed by atoms with van der Waals surface area (Å²) in [6.45, 7) is 0. The van der Waals surface area contributed by atoms with Crippen molar-refractivity contribution in [3.63, 3.8) is 0 Å². The number of pyridine rings is 1. The van der Waals surface area contributed by atoms with Gasteiger partial charge in [-0.1, -0.05) is 0 Å². The second-order valence-electron chi connectivity index (χ2n) is 4.08. The lowest BCUT2D eigenvalue weighted by Crippen LogP contribution is -1.92. The third kappa shape index (κ3) is 1.68. The van der Waals surface area contributed by atoms with Gasteiger partial charge in [-0.2, -0.15) is 0 Å². The number of nitrogens with two attached hydrogens (primary N) is 1. The van der Waals surface area contributed by atoms with Crippen molar-refractivity contribution in [1.82, 2.24) is 9.97 Å². The van der Waals surface area contributed by atoms with Crippen molar-refractivity contribution in [1.29, 1.82) is 0 Å². The lowest BCUT2D eigenvalue weighted by atomic mass is 10.1. The highest BCUT2D eigenvalue weighted by Gasteiger charge is 2.06. The molecule has 2 aromatic heterocycles. The molecule has 18 heavy (non-hydrogen) atoms. The van der Waals surface area contributed by atoms with Crippen molar-refractivity contribution in [3.8, 4) is 17.0 Å². The Labute approximate surface area is 104 Å². The van der Waals surface area contributed by atoms with Crippen LogP contribution < -0.4 is 10.5 Å². The molecule has 0 aliphatic rings. The van der Waals surface area contributed by atoms with E-state index in [1.54, 1.807) is 13.3 Å². The highest BCUT2D eigenvalue weighted by Crippen LogP contribution is 2.29. The number of nitrogens with zero attached hydrogens (tertiary/aromatic N) is 1. The Kier molecular flexibility index (Phi) is 2.41. The summed E-state index contributed by atoms with van der Waals surface area (Å²) in [4.78, 5) is 7.61. The number of methoxy groups -OCH3 is 1. The van der Waals surface area contributed by atoms with E-state index in [0.717, 1.165) is 22.3 Å². The average molecular weight is 239 g/mol. The van der Waals surface area contributed by atoms with Gasteiger partial charge in [0.2, 0.25) is 0 Å². The summed E-state index contributed by atoms with van der Waals surface area (Å²) in [5, 5.41) is 0. The number of nitrogen functional groups attached to an aromatic ring is 1. The van der Waals surface area contributed by atoms with Crippen LogP contribution in [0.2, 0.25) is 0 Å². The van der Waals surface area contributed by atoms with E-state index in [2.05, 4.69) is 9.97 Å². The molecule has 4 heteroatoms. The average Bonchev–Trinajstić information content (AvgIpc) is 2.82. The molecule has 0 saturated carbocycles. The summed E-state index contributed by atoms with van der Waals surface area (Å²) in [7, 11) is 1.61. The molecule has 3 N–H and O–H groups in total. The fraction of sp³-hybridized carbons (Fsp3) is 0.0714. The van der Waals surface area contributed by atoms with Crippen molar-refractivity contribution < 1.29 is 4.74 Å². The number of hydrogen-bond donors (Lipinski definition) is 2. The van der Waals surface area contributed by atoms with Gasteiger partial charge in [-0.15, -0.1) is 0 Å². The van der Waals surface area contributed by atoms with Gasteiger partial charge in [-0.25, -0.2) is 0 Å². The van der Waals surface area contributed by atoms with Crippen LogP contribution in [0.3, 0.4) is 0 Å². The van der Waals surface area contributed by atoms with E-state index in [1.807, 2.05) is 36.4 Å².